The van der Waals surface area contributed by atoms with Gasteiger partial charge in [0.25, 0.3) is 0 Å². The van der Waals surface area contributed by atoms with Crippen molar-refractivity contribution in [3.8, 4) is 0 Å². The molecule has 21 heavy (non-hydrogen) atoms. The number of allylic oxidation sites excluding steroid dienone is 4. The molecule has 0 N–H and O–H groups in total. The summed E-state index contributed by atoms with van der Waals surface area (Å²) in [5, 5.41) is 0. The topological polar surface area (TPSA) is 0 Å². The summed E-state index contributed by atoms with van der Waals surface area (Å²) < 4.78 is 0. The van der Waals surface area contributed by atoms with Gasteiger partial charge in [-0.05, 0) is 66.3 Å². The van der Waals surface area contributed by atoms with Crippen molar-refractivity contribution in [2.75, 3.05) is 0 Å². The van der Waals surface area contributed by atoms with E-state index in [1.807, 2.05) is 0 Å². The first-order valence-electron chi connectivity index (χ1n) is 9.19. The van der Waals surface area contributed by atoms with Crippen molar-refractivity contribution in [2.45, 2.75) is 73.6 Å². The van der Waals surface area contributed by atoms with Crippen molar-refractivity contribution in [1.29, 1.82) is 0 Å². The molecule has 1 fully saturated rings. The van der Waals surface area contributed by atoms with E-state index in [2.05, 4.69) is 53.7 Å². The fourth-order valence-electron chi connectivity index (χ4n) is 5.63. The predicted octanol–water partition coefficient (Wildman–Crippen LogP) is 6.39. The van der Waals surface area contributed by atoms with Crippen molar-refractivity contribution in [3.63, 3.8) is 0 Å². The van der Waals surface area contributed by atoms with Crippen LogP contribution < -0.4 is 0 Å². The van der Waals surface area contributed by atoms with Crippen LogP contribution in [0.4, 0.5) is 0 Å². The first-order valence-corrected chi connectivity index (χ1v) is 9.19. The Hall–Kier alpha value is -0.520. The molecule has 1 saturated carbocycles. The van der Waals surface area contributed by atoms with Gasteiger partial charge in [0, 0.05) is 5.92 Å². The SMILES string of the molecule is CC(C)CC1C2(C)CCC3=C(CCC12C)C(C(C)C)C=C3. The molecule has 0 saturated heterocycles. The van der Waals surface area contributed by atoms with E-state index in [1.54, 1.807) is 11.1 Å². The van der Waals surface area contributed by atoms with E-state index in [0.29, 0.717) is 10.8 Å². The third-order valence-electron chi connectivity index (χ3n) is 7.33. The molecule has 0 aliphatic heterocycles. The van der Waals surface area contributed by atoms with Crippen molar-refractivity contribution in [2.24, 2.45) is 34.5 Å². The minimum Gasteiger partial charge on any atom is -0.0768 e. The molecular formula is C21H34. The molecule has 3 aliphatic rings. The van der Waals surface area contributed by atoms with Gasteiger partial charge in [0.15, 0.2) is 0 Å². The fourth-order valence-corrected chi connectivity index (χ4v) is 5.63. The number of hydrogen-bond donors (Lipinski definition) is 0. The number of rotatable bonds is 3. The monoisotopic (exact) mass is 286 g/mol. The van der Waals surface area contributed by atoms with Crippen LogP contribution in [0.5, 0.6) is 0 Å². The molecule has 118 valence electrons. The maximum Gasteiger partial charge on any atom is 0.000881 e. The van der Waals surface area contributed by atoms with Gasteiger partial charge in [0.1, 0.15) is 0 Å². The standard InChI is InChI=1S/C21H34/c1-14(2)13-19-20(5)11-9-16-7-8-17(15(3)4)18(16)10-12-21(19,20)6/h7-8,14-15,17,19H,9-13H2,1-6H3. The Morgan fingerprint density at radius 3 is 2.24 bits per heavy atom. The first-order chi connectivity index (χ1) is 9.79. The van der Waals surface area contributed by atoms with Crippen molar-refractivity contribution >= 4 is 0 Å². The Bertz CT molecular complexity index is 478. The predicted molar refractivity (Wildman–Crippen MR) is 92.1 cm³/mol. The largest absolute Gasteiger partial charge is 0.0768 e. The molecule has 0 bridgehead atoms. The zero-order valence-electron chi connectivity index (χ0n) is 15.0. The molecule has 0 nitrogen and oxygen atoms in total. The minimum absolute atomic E-state index is 0.611. The molecule has 3 aliphatic carbocycles. The molecule has 0 amide bonds. The quantitative estimate of drug-likeness (QED) is 0.564. The molecule has 0 heterocycles. The van der Waals surface area contributed by atoms with E-state index in [0.717, 1.165) is 23.7 Å². The molecule has 0 aromatic heterocycles. The highest BCUT2D eigenvalue weighted by atomic mass is 14.7. The van der Waals surface area contributed by atoms with Crippen LogP contribution in [0.25, 0.3) is 0 Å². The van der Waals surface area contributed by atoms with E-state index >= 15 is 0 Å². The highest BCUT2D eigenvalue weighted by molar-refractivity contribution is 5.39. The highest BCUT2D eigenvalue weighted by Gasteiger charge is 2.68. The minimum atomic E-state index is 0.611. The lowest BCUT2D eigenvalue weighted by Crippen LogP contribution is -2.14. The maximum atomic E-state index is 2.60. The molecule has 0 aromatic rings. The van der Waals surface area contributed by atoms with Gasteiger partial charge >= 0.3 is 0 Å². The summed E-state index contributed by atoms with van der Waals surface area (Å²) in [6.07, 6.45) is 11.9. The lowest BCUT2D eigenvalue weighted by atomic mass is 9.79. The summed E-state index contributed by atoms with van der Waals surface area (Å²) in [6.45, 7) is 14.7. The summed E-state index contributed by atoms with van der Waals surface area (Å²) >= 11 is 0. The number of hydrogen-bond acceptors (Lipinski definition) is 0. The van der Waals surface area contributed by atoms with Crippen LogP contribution in [0.3, 0.4) is 0 Å². The highest BCUT2D eigenvalue weighted by Crippen LogP contribution is 2.76. The van der Waals surface area contributed by atoms with Gasteiger partial charge in [-0.1, -0.05) is 59.3 Å². The fraction of sp³-hybridized carbons (Fsp3) is 0.810. The third kappa shape index (κ3) is 2.25. The zero-order valence-corrected chi connectivity index (χ0v) is 15.0. The van der Waals surface area contributed by atoms with E-state index in [1.165, 1.54) is 32.1 Å². The Balaban J connectivity index is 1.80. The van der Waals surface area contributed by atoms with E-state index in [-0.39, 0.29) is 0 Å². The summed E-state index contributed by atoms with van der Waals surface area (Å²) in [5.41, 5.74) is 4.72. The molecule has 0 radical (unpaired) electrons. The Morgan fingerprint density at radius 2 is 1.67 bits per heavy atom. The van der Waals surface area contributed by atoms with Crippen LogP contribution in [0.1, 0.15) is 73.6 Å². The maximum absolute atomic E-state index is 2.60. The van der Waals surface area contributed by atoms with Gasteiger partial charge < -0.3 is 0 Å². The van der Waals surface area contributed by atoms with Gasteiger partial charge in [-0.3, -0.25) is 0 Å². The third-order valence-corrected chi connectivity index (χ3v) is 7.33. The van der Waals surface area contributed by atoms with Crippen LogP contribution >= 0.6 is 0 Å². The van der Waals surface area contributed by atoms with Crippen LogP contribution in [-0.2, 0) is 0 Å². The summed E-state index contributed by atoms with van der Waals surface area (Å²) in [4.78, 5) is 0. The Kier molecular flexibility index (Phi) is 3.66. The molecular weight excluding hydrogens is 252 g/mol. The summed E-state index contributed by atoms with van der Waals surface area (Å²) in [7, 11) is 0. The lowest BCUT2D eigenvalue weighted by Gasteiger charge is -2.26. The zero-order chi connectivity index (χ0) is 15.4. The van der Waals surface area contributed by atoms with Crippen LogP contribution in [0.2, 0.25) is 0 Å². The lowest BCUT2D eigenvalue weighted by molar-refractivity contribution is 0.331. The van der Waals surface area contributed by atoms with E-state index in [4.69, 9.17) is 0 Å². The second kappa shape index (κ2) is 5.00. The van der Waals surface area contributed by atoms with Crippen molar-refractivity contribution in [1.82, 2.24) is 0 Å². The van der Waals surface area contributed by atoms with Gasteiger partial charge in [-0.2, -0.15) is 0 Å². The van der Waals surface area contributed by atoms with Gasteiger partial charge in [-0.25, -0.2) is 0 Å². The second-order valence-electron chi connectivity index (χ2n) is 9.20. The van der Waals surface area contributed by atoms with E-state index < -0.39 is 0 Å². The average Bonchev–Trinajstić information content (AvgIpc) is 2.76. The smallest absolute Gasteiger partial charge is 0.000881 e. The summed E-state index contributed by atoms with van der Waals surface area (Å²) in [6, 6.07) is 0. The van der Waals surface area contributed by atoms with Crippen LogP contribution in [0, 0.1) is 34.5 Å². The second-order valence-corrected chi connectivity index (χ2v) is 9.20. The summed E-state index contributed by atoms with van der Waals surface area (Å²) in [5.74, 6) is 3.31. The molecule has 4 atom stereocenters. The van der Waals surface area contributed by atoms with Crippen molar-refractivity contribution in [3.05, 3.63) is 23.3 Å². The van der Waals surface area contributed by atoms with Gasteiger partial charge in [0.2, 0.25) is 0 Å². The van der Waals surface area contributed by atoms with E-state index in [9.17, 15) is 0 Å². The van der Waals surface area contributed by atoms with Crippen LogP contribution in [0.15, 0.2) is 23.3 Å². The normalized spacial score (nSPS) is 42.1. The van der Waals surface area contributed by atoms with Crippen molar-refractivity contribution < 1.29 is 0 Å². The van der Waals surface area contributed by atoms with Gasteiger partial charge in [0.05, 0.1) is 0 Å². The number of fused-ring (bicyclic) bond motifs is 1. The molecule has 0 heteroatoms. The molecule has 0 aromatic carbocycles. The first kappa shape index (κ1) is 15.4. The molecule has 0 spiro atoms. The Morgan fingerprint density at radius 1 is 1.05 bits per heavy atom. The van der Waals surface area contributed by atoms with Gasteiger partial charge in [-0.15, -0.1) is 0 Å². The molecule has 4 unspecified atom stereocenters. The molecule has 3 rings (SSSR count). The van der Waals surface area contributed by atoms with Crippen LogP contribution in [-0.4, -0.2) is 0 Å². The average molecular weight is 287 g/mol. The Labute approximate surface area is 132 Å².